The van der Waals surface area contributed by atoms with Crippen LogP contribution in [0.4, 0.5) is 0 Å². The fraction of sp³-hybridized carbons (Fsp3) is 0.333. The zero-order valence-electron chi connectivity index (χ0n) is 11.7. The molecule has 1 heterocycles. The van der Waals surface area contributed by atoms with Crippen LogP contribution in [0, 0.1) is 6.92 Å². The van der Waals surface area contributed by atoms with Crippen molar-refractivity contribution in [1.29, 1.82) is 0 Å². The summed E-state index contributed by atoms with van der Waals surface area (Å²) in [7, 11) is 1.62. The lowest BCUT2D eigenvalue weighted by molar-refractivity contribution is -0.145. The minimum Gasteiger partial charge on any atom is -0.497 e. The van der Waals surface area contributed by atoms with Gasteiger partial charge in [-0.05, 0) is 30.2 Å². The van der Waals surface area contributed by atoms with Crippen molar-refractivity contribution in [3.8, 4) is 5.75 Å². The van der Waals surface area contributed by atoms with Crippen LogP contribution >= 0.6 is 0 Å². The number of hydrogen-bond acceptors (Lipinski definition) is 4. The largest absolute Gasteiger partial charge is 0.497 e. The maximum atomic E-state index is 11.6. The van der Waals surface area contributed by atoms with Crippen molar-refractivity contribution in [2.45, 2.75) is 26.5 Å². The zero-order valence-corrected chi connectivity index (χ0v) is 11.7. The average Bonchev–Trinajstić information content (AvgIpc) is 2.89. The van der Waals surface area contributed by atoms with Gasteiger partial charge in [-0.1, -0.05) is 12.1 Å². The highest BCUT2D eigenvalue weighted by Gasteiger charge is 2.05. The lowest BCUT2D eigenvalue weighted by atomic mass is 10.2. The molecular weight excluding hydrogens is 256 g/mol. The summed E-state index contributed by atoms with van der Waals surface area (Å²) in [6.07, 6.45) is 3.98. The van der Waals surface area contributed by atoms with Gasteiger partial charge in [-0.15, -0.1) is 0 Å². The number of benzene rings is 1. The summed E-state index contributed by atoms with van der Waals surface area (Å²) in [5.41, 5.74) is 2.02. The number of carbonyl (C=O) groups excluding carboxylic acids is 1. The molecule has 1 aromatic heterocycles. The predicted octanol–water partition coefficient (Wildman–Crippen LogP) is 2.33. The van der Waals surface area contributed by atoms with E-state index < -0.39 is 0 Å². The van der Waals surface area contributed by atoms with E-state index in [1.165, 1.54) is 0 Å². The van der Waals surface area contributed by atoms with Gasteiger partial charge >= 0.3 is 5.97 Å². The quantitative estimate of drug-likeness (QED) is 0.759. The molecule has 0 saturated heterocycles. The van der Waals surface area contributed by atoms with Crippen LogP contribution in [0.15, 0.2) is 36.7 Å². The molecule has 2 aromatic rings. The SMILES string of the molecule is COc1ccc(COC(=O)CCn2cc(C)cn2)cc1. The van der Waals surface area contributed by atoms with Gasteiger partial charge in [0.2, 0.25) is 0 Å². The third-order valence-electron chi connectivity index (χ3n) is 2.87. The molecule has 1 aromatic carbocycles. The number of carbonyl (C=O) groups is 1. The Hall–Kier alpha value is -2.30. The lowest BCUT2D eigenvalue weighted by Crippen LogP contribution is -2.09. The molecule has 0 aliphatic heterocycles. The highest BCUT2D eigenvalue weighted by atomic mass is 16.5. The van der Waals surface area contributed by atoms with Gasteiger partial charge < -0.3 is 9.47 Å². The van der Waals surface area contributed by atoms with E-state index in [-0.39, 0.29) is 12.6 Å². The second-order valence-electron chi connectivity index (χ2n) is 4.54. The Balaban J connectivity index is 1.74. The van der Waals surface area contributed by atoms with Crippen LogP contribution in [0.5, 0.6) is 5.75 Å². The number of methoxy groups -OCH3 is 1. The molecule has 0 saturated carbocycles. The van der Waals surface area contributed by atoms with Crippen molar-refractivity contribution in [2.75, 3.05) is 7.11 Å². The topological polar surface area (TPSA) is 53.4 Å². The molecule has 5 nitrogen and oxygen atoms in total. The second-order valence-corrected chi connectivity index (χ2v) is 4.54. The summed E-state index contributed by atoms with van der Waals surface area (Å²) >= 11 is 0. The molecule has 0 spiro atoms. The molecule has 0 radical (unpaired) electrons. The van der Waals surface area contributed by atoms with Crippen LogP contribution in [0.2, 0.25) is 0 Å². The Morgan fingerprint density at radius 3 is 2.65 bits per heavy atom. The van der Waals surface area contributed by atoms with E-state index in [1.807, 2.05) is 37.4 Å². The number of esters is 1. The van der Waals surface area contributed by atoms with E-state index >= 15 is 0 Å². The van der Waals surface area contributed by atoms with Crippen LogP contribution in [0.3, 0.4) is 0 Å². The first-order chi connectivity index (χ1) is 9.67. The van der Waals surface area contributed by atoms with E-state index in [2.05, 4.69) is 5.10 Å². The number of rotatable bonds is 6. The molecule has 0 N–H and O–H groups in total. The monoisotopic (exact) mass is 274 g/mol. The van der Waals surface area contributed by atoms with Crippen molar-refractivity contribution >= 4 is 5.97 Å². The van der Waals surface area contributed by atoms with Crippen molar-refractivity contribution in [2.24, 2.45) is 0 Å². The van der Waals surface area contributed by atoms with Crippen LogP contribution in [0.25, 0.3) is 0 Å². The van der Waals surface area contributed by atoms with Gasteiger partial charge in [0, 0.05) is 6.20 Å². The number of aryl methyl sites for hydroxylation is 2. The summed E-state index contributed by atoms with van der Waals surface area (Å²) in [5, 5.41) is 4.12. The highest BCUT2D eigenvalue weighted by Crippen LogP contribution is 2.12. The third kappa shape index (κ3) is 4.12. The summed E-state index contributed by atoms with van der Waals surface area (Å²) in [4.78, 5) is 11.6. The summed E-state index contributed by atoms with van der Waals surface area (Å²) < 4.78 is 12.0. The maximum Gasteiger partial charge on any atom is 0.308 e. The first-order valence-electron chi connectivity index (χ1n) is 6.45. The van der Waals surface area contributed by atoms with Crippen molar-refractivity contribution < 1.29 is 14.3 Å². The molecule has 5 heteroatoms. The van der Waals surface area contributed by atoms with E-state index in [0.717, 1.165) is 16.9 Å². The second kappa shape index (κ2) is 6.75. The van der Waals surface area contributed by atoms with Crippen LogP contribution in [-0.2, 0) is 22.7 Å². The molecule has 106 valence electrons. The Bertz CT molecular complexity index is 561. The van der Waals surface area contributed by atoms with E-state index in [0.29, 0.717) is 13.0 Å². The Morgan fingerprint density at radius 2 is 2.05 bits per heavy atom. The highest BCUT2D eigenvalue weighted by molar-refractivity contribution is 5.69. The fourth-order valence-electron chi connectivity index (χ4n) is 1.75. The van der Waals surface area contributed by atoms with Crippen LogP contribution < -0.4 is 4.74 Å². The van der Waals surface area contributed by atoms with E-state index in [4.69, 9.17) is 9.47 Å². The molecule has 0 atom stereocenters. The van der Waals surface area contributed by atoms with Gasteiger partial charge in [0.05, 0.1) is 26.3 Å². The van der Waals surface area contributed by atoms with E-state index in [9.17, 15) is 4.79 Å². The maximum absolute atomic E-state index is 11.6. The van der Waals surface area contributed by atoms with Gasteiger partial charge in [0.25, 0.3) is 0 Å². The van der Waals surface area contributed by atoms with Crippen molar-refractivity contribution in [1.82, 2.24) is 9.78 Å². The smallest absolute Gasteiger partial charge is 0.308 e. The third-order valence-corrected chi connectivity index (χ3v) is 2.87. The van der Waals surface area contributed by atoms with Gasteiger partial charge in [-0.2, -0.15) is 5.10 Å². The lowest BCUT2D eigenvalue weighted by Gasteiger charge is -2.06. The minimum atomic E-state index is -0.228. The minimum absolute atomic E-state index is 0.228. The summed E-state index contributed by atoms with van der Waals surface area (Å²) in [5.74, 6) is 0.558. The normalized spacial score (nSPS) is 10.3. The molecule has 0 fully saturated rings. The number of hydrogen-bond donors (Lipinski definition) is 0. The number of nitrogens with zero attached hydrogens (tertiary/aromatic N) is 2. The first-order valence-corrected chi connectivity index (χ1v) is 6.45. The van der Waals surface area contributed by atoms with Crippen LogP contribution in [0.1, 0.15) is 17.5 Å². The number of aromatic nitrogens is 2. The first kappa shape index (κ1) is 14.1. The molecule has 0 aliphatic rings. The predicted molar refractivity (Wildman–Crippen MR) is 74.4 cm³/mol. The van der Waals surface area contributed by atoms with Crippen molar-refractivity contribution in [3.63, 3.8) is 0 Å². The van der Waals surface area contributed by atoms with Crippen LogP contribution in [-0.4, -0.2) is 22.9 Å². The van der Waals surface area contributed by atoms with Gasteiger partial charge in [-0.25, -0.2) is 0 Å². The summed E-state index contributed by atoms with van der Waals surface area (Å²) in [6, 6.07) is 7.44. The van der Waals surface area contributed by atoms with E-state index in [1.54, 1.807) is 18.0 Å². The zero-order chi connectivity index (χ0) is 14.4. The molecule has 0 aliphatic carbocycles. The molecule has 20 heavy (non-hydrogen) atoms. The fourth-order valence-corrected chi connectivity index (χ4v) is 1.75. The molecule has 0 unspecified atom stereocenters. The molecular formula is C15H18N2O3. The number of ether oxygens (including phenoxy) is 2. The molecule has 0 amide bonds. The molecule has 2 rings (SSSR count). The van der Waals surface area contributed by atoms with Crippen molar-refractivity contribution in [3.05, 3.63) is 47.8 Å². The Kier molecular flexibility index (Phi) is 4.76. The Labute approximate surface area is 118 Å². The summed E-state index contributed by atoms with van der Waals surface area (Å²) in [6.45, 7) is 2.78. The standard InChI is InChI=1S/C15H18N2O3/c1-12-9-16-17(10-12)8-7-15(18)20-11-13-3-5-14(19-2)6-4-13/h3-6,9-10H,7-8,11H2,1-2H3. The Morgan fingerprint density at radius 1 is 1.30 bits per heavy atom. The van der Waals surface area contributed by atoms with Gasteiger partial charge in [0.1, 0.15) is 12.4 Å². The van der Waals surface area contributed by atoms with Gasteiger partial charge in [0.15, 0.2) is 0 Å². The van der Waals surface area contributed by atoms with Gasteiger partial charge in [-0.3, -0.25) is 9.48 Å². The average molecular weight is 274 g/mol. The molecule has 0 bridgehead atoms.